The van der Waals surface area contributed by atoms with Gasteiger partial charge in [-0.3, -0.25) is 5.10 Å². The number of aryl methyl sites for hydroxylation is 1. The summed E-state index contributed by atoms with van der Waals surface area (Å²) in [6.07, 6.45) is 0. The van der Waals surface area contributed by atoms with Crippen LogP contribution < -0.4 is 15.2 Å². The lowest BCUT2D eigenvalue weighted by Crippen LogP contribution is -2.21. The number of benzene rings is 1. The summed E-state index contributed by atoms with van der Waals surface area (Å²) in [5, 5.41) is 16.4. The number of allylic oxidation sites excluding steroid dienone is 1. The highest BCUT2D eigenvalue weighted by Crippen LogP contribution is 2.45. The minimum Gasteiger partial charge on any atom is -0.496 e. The van der Waals surface area contributed by atoms with E-state index in [1.54, 1.807) is 7.11 Å². The third-order valence-corrected chi connectivity index (χ3v) is 3.58. The molecule has 2 heterocycles. The second-order valence-corrected chi connectivity index (χ2v) is 4.73. The highest BCUT2D eigenvalue weighted by atomic mass is 16.5. The summed E-state index contributed by atoms with van der Waals surface area (Å²) in [7, 11) is 1.60. The molecule has 21 heavy (non-hydrogen) atoms. The van der Waals surface area contributed by atoms with E-state index in [1.165, 1.54) is 0 Å². The van der Waals surface area contributed by atoms with E-state index in [4.69, 9.17) is 15.2 Å². The van der Waals surface area contributed by atoms with Gasteiger partial charge < -0.3 is 15.2 Å². The van der Waals surface area contributed by atoms with Crippen LogP contribution in [-0.4, -0.2) is 17.3 Å². The maximum Gasteiger partial charge on any atom is 0.244 e. The Balaban J connectivity index is 2.28. The number of hydrogen-bond donors (Lipinski definition) is 2. The molecule has 0 aliphatic carbocycles. The number of methoxy groups -OCH3 is 1. The quantitative estimate of drug-likeness (QED) is 0.877. The molecule has 1 aliphatic heterocycles. The van der Waals surface area contributed by atoms with Crippen molar-refractivity contribution in [3.63, 3.8) is 0 Å². The standard InChI is InChI=1S/C15H14N4O2/c1-8-12-13(9-5-3-4-6-11(9)20-2)10(7-16)14(17)21-15(12)19-18-8/h3-6,13H,17H2,1-2H3,(H,18,19)/t13-/m1/s1. The van der Waals surface area contributed by atoms with Crippen molar-refractivity contribution in [3.05, 3.63) is 52.5 Å². The van der Waals surface area contributed by atoms with E-state index in [0.717, 1.165) is 16.8 Å². The van der Waals surface area contributed by atoms with Crippen molar-refractivity contribution in [1.29, 1.82) is 5.26 Å². The van der Waals surface area contributed by atoms with Crippen LogP contribution in [-0.2, 0) is 0 Å². The van der Waals surface area contributed by atoms with E-state index in [9.17, 15) is 5.26 Å². The molecule has 0 saturated heterocycles. The number of nitrogens with two attached hydrogens (primary N) is 1. The Morgan fingerprint density at radius 3 is 2.90 bits per heavy atom. The van der Waals surface area contributed by atoms with Crippen molar-refractivity contribution in [2.45, 2.75) is 12.8 Å². The van der Waals surface area contributed by atoms with Gasteiger partial charge in [0.2, 0.25) is 11.8 Å². The van der Waals surface area contributed by atoms with Crippen molar-refractivity contribution < 1.29 is 9.47 Å². The first-order valence-electron chi connectivity index (χ1n) is 6.42. The van der Waals surface area contributed by atoms with Crippen molar-refractivity contribution in [1.82, 2.24) is 10.2 Å². The average molecular weight is 282 g/mol. The van der Waals surface area contributed by atoms with Crippen LogP contribution in [0.1, 0.15) is 22.7 Å². The van der Waals surface area contributed by atoms with Crippen LogP contribution in [0.3, 0.4) is 0 Å². The molecule has 0 bridgehead atoms. The Kier molecular flexibility index (Phi) is 3.03. The van der Waals surface area contributed by atoms with E-state index in [-0.39, 0.29) is 11.8 Å². The van der Waals surface area contributed by atoms with Crippen LogP contribution in [0.5, 0.6) is 11.6 Å². The van der Waals surface area contributed by atoms with Gasteiger partial charge in [-0.2, -0.15) is 5.26 Å². The number of rotatable bonds is 2. The van der Waals surface area contributed by atoms with Crippen molar-refractivity contribution in [2.24, 2.45) is 5.73 Å². The van der Waals surface area contributed by atoms with Gasteiger partial charge in [0.1, 0.15) is 17.4 Å². The number of aromatic nitrogens is 2. The van der Waals surface area contributed by atoms with Gasteiger partial charge in [-0.05, 0) is 13.0 Å². The van der Waals surface area contributed by atoms with E-state index in [1.807, 2.05) is 31.2 Å². The van der Waals surface area contributed by atoms with E-state index in [0.29, 0.717) is 17.2 Å². The summed E-state index contributed by atoms with van der Waals surface area (Å²) < 4.78 is 10.8. The number of H-pyrrole nitrogens is 1. The first-order chi connectivity index (χ1) is 10.2. The van der Waals surface area contributed by atoms with Gasteiger partial charge in [0.15, 0.2) is 0 Å². The Hall–Kier alpha value is -2.94. The third kappa shape index (κ3) is 1.91. The summed E-state index contributed by atoms with van der Waals surface area (Å²) in [5.74, 6) is 0.817. The van der Waals surface area contributed by atoms with Crippen molar-refractivity contribution in [2.75, 3.05) is 7.11 Å². The summed E-state index contributed by atoms with van der Waals surface area (Å²) in [6.45, 7) is 1.88. The number of nitrogens with one attached hydrogen (secondary N) is 1. The summed E-state index contributed by atoms with van der Waals surface area (Å²) >= 11 is 0. The zero-order valence-corrected chi connectivity index (χ0v) is 11.7. The lowest BCUT2D eigenvalue weighted by molar-refractivity contribution is 0.375. The van der Waals surface area contributed by atoms with Crippen LogP contribution >= 0.6 is 0 Å². The molecule has 0 saturated carbocycles. The van der Waals surface area contributed by atoms with Crippen molar-refractivity contribution in [3.8, 4) is 17.7 Å². The van der Waals surface area contributed by atoms with Gasteiger partial charge in [0.05, 0.1) is 13.0 Å². The molecule has 3 N–H and O–H groups in total. The normalized spacial score (nSPS) is 16.9. The first kappa shape index (κ1) is 13.1. The van der Waals surface area contributed by atoms with E-state index >= 15 is 0 Å². The monoisotopic (exact) mass is 282 g/mol. The van der Waals surface area contributed by atoms with Gasteiger partial charge >= 0.3 is 0 Å². The van der Waals surface area contributed by atoms with Gasteiger partial charge in [-0.15, -0.1) is 5.10 Å². The topological polar surface area (TPSA) is 96.9 Å². The summed E-state index contributed by atoms with van der Waals surface area (Å²) in [4.78, 5) is 0. The van der Waals surface area contributed by atoms with Crippen LogP contribution in [0.25, 0.3) is 0 Å². The molecule has 1 atom stereocenters. The van der Waals surface area contributed by atoms with Crippen LogP contribution in [0.15, 0.2) is 35.7 Å². The average Bonchev–Trinajstić information content (AvgIpc) is 2.86. The molecule has 1 aromatic carbocycles. The Labute approximate surface area is 121 Å². The molecule has 2 aromatic rings. The van der Waals surface area contributed by atoms with Crippen molar-refractivity contribution >= 4 is 0 Å². The molecular weight excluding hydrogens is 268 g/mol. The maximum absolute atomic E-state index is 9.47. The smallest absolute Gasteiger partial charge is 0.244 e. The SMILES string of the molecule is COc1ccccc1[C@@H]1C(C#N)=C(N)Oc2n[nH]c(C)c21. The molecule has 0 spiro atoms. The number of nitrogens with zero attached hydrogens (tertiary/aromatic N) is 2. The first-order valence-corrected chi connectivity index (χ1v) is 6.42. The fraction of sp³-hybridized carbons (Fsp3) is 0.200. The number of nitriles is 1. The van der Waals surface area contributed by atoms with E-state index in [2.05, 4.69) is 16.3 Å². The minimum absolute atomic E-state index is 0.0763. The van der Waals surface area contributed by atoms with Gasteiger partial charge in [-0.25, -0.2) is 0 Å². The summed E-state index contributed by atoms with van der Waals surface area (Å²) in [5.41, 5.74) is 8.73. The highest BCUT2D eigenvalue weighted by Gasteiger charge is 2.35. The molecule has 6 heteroatoms. The molecular formula is C15H14N4O2. The Bertz CT molecular complexity index is 770. The molecule has 0 radical (unpaired) electrons. The van der Waals surface area contributed by atoms with Crippen LogP contribution in [0, 0.1) is 18.3 Å². The number of hydrogen-bond acceptors (Lipinski definition) is 5. The zero-order chi connectivity index (χ0) is 15.0. The largest absolute Gasteiger partial charge is 0.496 e. The maximum atomic E-state index is 9.47. The van der Waals surface area contributed by atoms with Gasteiger partial charge in [-0.1, -0.05) is 18.2 Å². The molecule has 106 valence electrons. The minimum atomic E-state index is -0.353. The van der Waals surface area contributed by atoms with Gasteiger partial charge in [0.25, 0.3) is 0 Å². The van der Waals surface area contributed by atoms with Crippen LogP contribution in [0.4, 0.5) is 0 Å². The second kappa shape index (κ2) is 4.87. The predicted octanol–water partition coefficient (Wildman–Crippen LogP) is 1.94. The van der Waals surface area contributed by atoms with Gasteiger partial charge in [0, 0.05) is 16.8 Å². The summed E-state index contributed by atoms with van der Waals surface area (Å²) in [6, 6.07) is 9.68. The Morgan fingerprint density at radius 1 is 1.43 bits per heavy atom. The Morgan fingerprint density at radius 2 is 2.19 bits per heavy atom. The molecule has 6 nitrogen and oxygen atoms in total. The molecule has 1 aromatic heterocycles. The third-order valence-electron chi connectivity index (χ3n) is 3.58. The number of ether oxygens (including phenoxy) is 2. The van der Waals surface area contributed by atoms with E-state index < -0.39 is 0 Å². The van der Waals surface area contributed by atoms with Crippen LogP contribution in [0.2, 0.25) is 0 Å². The number of aromatic amines is 1. The fourth-order valence-electron chi connectivity index (χ4n) is 2.61. The molecule has 0 amide bonds. The molecule has 3 rings (SSSR count). The highest BCUT2D eigenvalue weighted by molar-refractivity contribution is 5.57. The molecule has 0 unspecified atom stereocenters. The predicted molar refractivity (Wildman–Crippen MR) is 75.6 cm³/mol. The molecule has 1 aliphatic rings. The number of para-hydroxylation sites is 1. The lowest BCUT2D eigenvalue weighted by Gasteiger charge is -2.24. The molecule has 0 fully saturated rings. The fourth-order valence-corrected chi connectivity index (χ4v) is 2.61. The second-order valence-electron chi connectivity index (χ2n) is 4.73. The zero-order valence-electron chi connectivity index (χ0n) is 11.7. The lowest BCUT2D eigenvalue weighted by atomic mass is 9.84. The number of fused-ring (bicyclic) bond motifs is 1.